The summed E-state index contributed by atoms with van der Waals surface area (Å²) >= 11 is 6.20. The third-order valence-corrected chi connectivity index (χ3v) is 3.23. The van der Waals surface area contributed by atoms with E-state index in [2.05, 4.69) is 36.8 Å². The lowest BCUT2D eigenvalue weighted by molar-refractivity contribution is 0.543. The quantitative estimate of drug-likeness (QED) is 0.797. The summed E-state index contributed by atoms with van der Waals surface area (Å²) < 4.78 is 0. The van der Waals surface area contributed by atoms with Gasteiger partial charge in [0.1, 0.15) is 16.8 Å². The molecule has 0 amide bonds. The molecule has 1 aromatic rings. The van der Waals surface area contributed by atoms with Crippen molar-refractivity contribution in [3.8, 4) is 6.07 Å². The molecule has 4 nitrogen and oxygen atoms in total. The molecule has 5 heteroatoms. The number of rotatable bonds is 3. The standard InChI is InChI=1S/C14H21ClN4/c1-9(7-16)8-19(6)12-10(2)11(15)17-13(18-12)14(3,4)5/h9H,8H2,1-6H3. The fourth-order valence-electron chi connectivity index (χ4n) is 1.72. The second-order valence-electron chi connectivity index (χ2n) is 5.95. The van der Waals surface area contributed by atoms with Gasteiger partial charge in [0.15, 0.2) is 0 Å². The molecule has 0 fully saturated rings. The van der Waals surface area contributed by atoms with Crippen LogP contribution in [0.15, 0.2) is 0 Å². The fourth-order valence-corrected chi connectivity index (χ4v) is 1.89. The summed E-state index contributed by atoms with van der Waals surface area (Å²) in [5, 5.41) is 9.38. The van der Waals surface area contributed by atoms with Gasteiger partial charge in [0.2, 0.25) is 0 Å². The Kier molecular flexibility index (Phi) is 4.75. The van der Waals surface area contributed by atoms with Gasteiger partial charge in [-0.25, -0.2) is 9.97 Å². The molecule has 104 valence electrons. The van der Waals surface area contributed by atoms with Crippen molar-refractivity contribution < 1.29 is 0 Å². The first-order valence-corrected chi connectivity index (χ1v) is 6.70. The predicted octanol–water partition coefficient (Wildman–Crippen LogP) is 3.33. The number of aromatic nitrogens is 2. The van der Waals surface area contributed by atoms with Crippen LogP contribution in [0.4, 0.5) is 5.82 Å². The number of nitrogens with zero attached hydrogens (tertiary/aromatic N) is 4. The average Bonchev–Trinajstić information content (AvgIpc) is 2.30. The Balaban J connectivity index is 3.20. The molecular weight excluding hydrogens is 260 g/mol. The van der Waals surface area contributed by atoms with Crippen LogP contribution in [0.1, 0.15) is 39.1 Å². The van der Waals surface area contributed by atoms with Crippen molar-refractivity contribution >= 4 is 17.4 Å². The lowest BCUT2D eigenvalue weighted by Crippen LogP contribution is -2.27. The molecule has 0 saturated heterocycles. The topological polar surface area (TPSA) is 52.8 Å². The molecule has 0 aliphatic rings. The minimum Gasteiger partial charge on any atom is -0.358 e. The highest BCUT2D eigenvalue weighted by Crippen LogP contribution is 2.28. The third kappa shape index (κ3) is 3.81. The summed E-state index contributed by atoms with van der Waals surface area (Å²) in [5.74, 6) is 1.46. The minimum absolute atomic E-state index is 0.0590. The van der Waals surface area contributed by atoms with E-state index in [1.807, 2.05) is 25.8 Å². The van der Waals surface area contributed by atoms with Crippen molar-refractivity contribution in [2.24, 2.45) is 5.92 Å². The first kappa shape index (κ1) is 15.7. The first-order valence-electron chi connectivity index (χ1n) is 6.32. The van der Waals surface area contributed by atoms with Gasteiger partial charge < -0.3 is 4.90 Å². The van der Waals surface area contributed by atoms with Crippen molar-refractivity contribution in [3.63, 3.8) is 0 Å². The maximum absolute atomic E-state index is 8.90. The maximum Gasteiger partial charge on any atom is 0.137 e. The first-order chi connectivity index (χ1) is 8.66. The monoisotopic (exact) mass is 280 g/mol. The molecule has 0 aliphatic heterocycles. The zero-order valence-electron chi connectivity index (χ0n) is 12.5. The molecule has 19 heavy (non-hydrogen) atoms. The van der Waals surface area contributed by atoms with Crippen LogP contribution >= 0.6 is 11.6 Å². The number of anilines is 1. The van der Waals surface area contributed by atoms with Gasteiger partial charge in [-0.3, -0.25) is 0 Å². The Labute approximate surface area is 120 Å². The Morgan fingerprint density at radius 1 is 1.37 bits per heavy atom. The van der Waals surface area contributed by atoms with Gasteiger partial charge in [-0.1, -0.05) is 32.4 Å². The highest BCUT2D eigenvalue weighted by atomic mass is 35.5. The number of halogens is 1. The molecule has 0 radical (unpaired) electrons. The van der Waals surface area contributed by atoms with Gasteiger partial charge in [0, 0.05) is 24.6 Å². The van der Waals surface area contributed by atoms with Gasteiger partial charge in [-0.15, -0.1) is 0 Å². The summed E-state index contributed by atoms with van der Waals surface area (Å²) in [6, 6.07) is 2.23. The smallest absolute Gasteiger partial charge is 0.137 e. The van der Waals surface area contributed by atoms with E-state index >= 15 is 0 Å². The van der Waals surface area contributed by atoms with Crippen molar-refractivity contribution in [2.45, 2.75) is 40.0 Å². The van der Waals surface area contributed by atoms with Crippen LogP contribution in [-0.2, 0) is 5.41 Å². The number of hydrogen-bond acceptors (Lipinski definition) is 4. The summed E-state index contributed by atoms with van der Waals surface area (Å²) in [4.78, 5) is 10.9. The molecular formula is C14H21ClN4. The molecule has 0 N–H and O–H groups in total. The molecule has 0 aromatic carbocycles. The van der Waals surface area contributed by atoms with Gasteiger partial charge in [-0.2, -0.15) is 5.26 Å². The Bertz CT molecular complexity index is 499. The number of nitriles is 1. The second kappa shape index (κ2) is 5.75. The average molecular weight is 281 g/mol. The molecule has 0 saturated carbocycles. The van der Waals surface area contributed by atoms with E-state index < -0.39 is 0 Å². The fraction of sp³-hybridized carbons (Fsp3) is 0.643. The summed E-state index contributed by atoms with van der Waals surface area (Å²) in [6.07, 6.45) is 0. The van der Waals surface area contributed by atoms with Crippen molar-refractivity contribution in [2.75, 3.05) is 18.5 Å². The molecule has 1 aromatic heterocycles. The zero-order valence-corrected chi connectivity index (χ0v) is 13.2. The maximum atomic E-state index is 8.90. The second-order valence-corrected chi connectivity index (χ2v) is 6.31. The lowest BCUT2D eigenvalue weighted by Gasteiger charge is -2.25. The highest BCUT2D eigenvalue weighted by molar-refractivity contribution is 6.30. The van der Waals surface area contributed by atoms with Crippen molar-refractivity contribution in [1.82, 2.24) is 9.97 Å². The molecule has 0 bridgehead atoms. The molecule has 0 aliphatic carbocycles. The van der Waals surface area contributed by atoms with E-state index in [1.165, 1.54) is 0 Å². The van der Waals surface area contributed by atoms with E-state index in [-0.39, 0.29) is 11.3 Å². The molecule has 0 spiro atoms. The van der Waals surface area contributed by atoms with E-state index in [9.17, 15) is 0 Å². The van der Waals surface area contributed by atoms with Crippen molar-refractivity contribution in [1.29, 1.82) is 5.26 Å². The van der Waals surface area contributed by atoms with Gasteiger partial charge in [-0.05, 0) is 13.8 Å². The van der Waals surface area contributed by atoms with Crippen LogP contribution in [-0.4, -0.2) is 23.6 Å². The van der Waals surface area contributed by atoms with Crippen LogP contribution < -0.4 is 4.90 Å². The molecule has 1 heterocycles. The summed E-state index contributed by atoms with van der Waals surface area (Å²) in [7, 11) is 1.92. The molecule has 1 atom stereocenters. The Morgan fingerprint density at radius 3 is 2.42 bits per heavy atom. The van der Waals surface area contributed by atoms with Crippen LogP contribution in [0, 0.1) is 24.2 Å². The normalized spacial score (nSPS) is 12.9. The molecule has 1 unspecified atom stereocenters. The summed E-state index contributed by atoms with van der Waals surface area (Å²) in [5.41, 5.74) is 0.690. The van der Waals surface area contributed by atoms with E-state index in [0.717, 1.165) is 17.2 Å². The predicted molar refractivity (Wildman–Crippen MR) is 78.5 cm³/mol. The van der Waals surface area contributed by atoms with Crippen LogP contribution in [0.25, 0.3) is 0 Å². The van der Waals surface area contributed by atoms with E-state index in [0.29, 0.717) is 11.7 Å². The third-order valence-electron chi connectivity index (χ3n) is 2.86. The van der Waals surface area contributed by atoms with Crippen LogP contribution in [0.2, 0.25) is 5.15 Å². The van der Waals surface area contributed by atoms with Crippen molar-refractivity contribution in [3.05, 3.63) is 16.5 Å². The SMILES string of the molecule is Cc1c(Cl)nc(C(C)(C)C)nc1N(C)CC(C)C#N. The van der Waals surface area contributed by atoms with E-state index in [4.69, 9.17) is 16.9 Å². The Hall–Kier alpha value is -1.34. The highest BCUT2D eigenvalue weighted by Gasteiger charge is 2.22. The summed E-state index contributed by atoms with van der Waals surface area (Å²) in [6.45, 7) is 10.6. The number of hydrogen-bond donors (Lipinski definition) is 0. The zero-order chi connectivity index (χ0) is 14.8. The minimum atomic E-state index is -0.159. The van der Waals surface area contributed by atoms with Gasteiger partial charge in [0.25, 0.3) is 0 Å². The van der Waals surface area contributed by atoms with Gasteiger partial charge >= 0.3 is 0 Å². The largest absolute Gasteiger partial charge is 0.358 e. The van der Waals surface area contributed by atoms with Crippen LogP contribution in [0.5, 0.6) is 0 Å². The lowest BCUT2D eigenvalue weighted by atomic mass is 9.95. The Morgan fingerprint density at radius 2 is 1.95 bits per heavy atom. The van der Waals surface area contributed by atoms with E-state index in [1.54, 1.807) is 0 Å². The molecule has 1 rings (SSSR count). The van der Waals surface area contributed by atoms with Crippen LogP contribution in [0.3, 0.4) is 0 Å². The van der Waals surface area contributed by atoms with Gasteiger partial charge in [0.05, 0.1) is 12.0 Å².